The number of para-hydroxylation sites is 1. The van der Waals surface area contributed by atoms with Gasteiger partial charge < -0.3 is 9.80 Å². The fourth-order valence-electron chi connectivity index (χ4n) is 4.60. The molecule has 0 saturated carbocycles. The normalized spacial score (nSPS) is 19.6. The molecule has 1 amide bonds. The molecule has 2 aromatic carbocycles. The summed E-state index contributed by atoms with van der Waals surface area (Å²) in [6.45, 7) is 11.5. The SMILES string of the molecule is CC1(C)CN(CCCN2CCN(c3ccccc3)CC2)C(=O)c2ccccc21. The van der Waals surface area contributed by atoms with Gasteiger partial charge in [0.25, 0.3) is 5.91 Å². The first kappa shape index (κ1) is 19.0. The lowest BCUT2D eigenvalue weighted by atomic mass is 9.78. The molecule has 4 nitrogen and oxygen atoms in total. The van der Waals surface area contributed by atoms with Crippen molar-refractivity contribution in [2.24, 2.45) is 0 Å². The van der Waals surface area contributed by atoms with Crippen molar-refractivity contribution < 1.29 is 4.79 Å². The van der Waals surface area contributed by atoms with Crippen LogP contribution in [0.4, 0.5) is 5.69 Å². The number of benzene rings is 2. The van der Waals surface area contributed by atoms with Crippen molar-refractivity contribution in [3.63, 3.8) is 0 Å². The van der Waals surface area contributed by atoms with Crippen LogP contribution in [0, 0.1) is 0 Å². The van der Waals surface area contributed by atoms with E-state index in [9.17, 15) is 4.79 Å². The maximum atomic E-state index is 12.9. The number of anilines is 1. The Morgan fingerprint density at radius 2 is 1.54 bits per heavy atom. The van der Waals surface area contributed by atoms with Crippen molar-refractivity contribution in [2.45, 2.75) is 25.7 Å². The largest absolute Gasteiger partial charge is 0.369 e. The van der Waals surface area contributed by atoms with Crippen LogP contribution in [0.3, 0.4) is 0 Å². The Morgan fingerprint density at radius 1 is 0.857 bits per heavy atom. The number of carbonyl (C=O) groups excluding carboxylic acids is 1. The Morgan fingerprint density at radius 3 is 2.29 bits per heavy atom. The van der Waals surface area contributed by atoms with Gasteiger partial charge in [0.1, 0.15) is 0 Å². The smallest absolute Gasteiger partial charge is 0.254 e. The van der Waals surface area contributed by atoms with E-state index in [4.69, 9.17) is 0 Å². The third kappa shape index (κ3) is 3.93. The molecule has 0 unspecified atom stereocenters. The lowest BCUT2D eigenvalue weighted by molar-refractivity contribution is 0.0678. The number of piperazine rings is 1. The third-order valence-corrected chi connectivity index (χ3v) is 6.16. The van der Waals surface area contributed by atoms with Crippen molar-refractivity contribution in [2.75, 3.05) is 50.7 Å². The molecule has 0 N–H and O–H groups in total. The molecular formula is C24H31N3O. The van der Waals surface area contributed by atoms with E-state index >= 15 is 0 Å². The number of rotatable bonds is 5. The van der Waals surface area contributed by atoms with Gasteiger partial charge in [0.15, 0.2) is 0 Å². The van der Waals surface area contributed by atoms with E-state index in [0.29, 0.717) is 0 Å². The summed E-state index contributed by atoms with van der Waals surface area (Å²) in [5, 5.41) is 0. The Balaban J connectivity index is 1.28. The molecule has 0 spiro atoms. The maximum Gasteiger partial charge on any atom is 0.254 e. The Labute approximate surface area is 168 Å². The average Bonchev–Trinajstić information content (AvgIpc) is 2.73. The second-order valence-electron chi connectivity index (χ2n) is 8.67. The van der Waals surface area contributed by atoms with Gasteiger partial charge in [-0.1, -0.05) is 50.2 Å². The molecule has 0 aliphatic carbocycles. The van der Waals surface area contributed by atoms with E-state index in [1.807, 2.05) is 18.2 Å². The van der Waals surface area contributed by atoms with E-state index in [1.165, 1.54) is 11.3 Å². The van der Waals surface area contributed by atoms with E-state index in [2.05, 4.69) is 64.9 Å². The first-order chi connectivity index (χ1) is 13.5. The van der Waals surface area contributed by atoms with Crippen molar-refractivity contribution in [3.8, 4) is 0 Å². The summed E-state index contributed by atoms with van der Waals surface area (Å²) in [5.41, 5.74) is 3.41. The minimum Gasteiger partial charge on any atom is -0.369 e. The highest BCUT2D eigenvalue weighted by atomic mass is 16.2. The molecule has 2 aromatic rings. The molecule has 0 radical (unpaired) electrons. The fraction of sp³-hybridized carbons (Fsp3) is 0.458. The van der Waals surface area contributed by atoms with Crippen molar-refractivity contribution in [1.29, 1.82) is 0 Å². The van der Waals surface area contributed by atoms with E-state index in [0.717, 1.165) is 57.8 Å². The molecule has 2 heterocycles. The number of hydrogen-bond acceptors (Lipinski definition) is 3. The molecular weight excluding hydrogens is 346 g/mol. The number of nitrogens with zero attached hydrogens (tertiary/aromatic N) is 3. The molecule has 2 aliphatic heterocycles. The second-order valence-corrected chi connectivity index (χ2v) is 8.67. The van der Waals surface area contributed by atoms with Gasteiger partial charge in [-0.15, -0.1) is 0 Å². The van der Waals surface area contributed by atoms with Crippen molar-refractivity contribution in [1.82, 2.24) is 9.80 Å². The second kappa shape index (κ2) is 7.96. The zero-order valence-electron chi connectivity index (χ0n) is 17.1. The minimum atomic E-state index is 0.0197. The van der Waals surface area contributed by atoms with Gasteiger partial charge in [-0.05, 0) is 36.7 Å². The summed E-state index contributed by atoms with van der Waals surface area (Å²) in [6, 6.07) is 18.8. The number of amides is 1. The van der Waals surface area contributed by atoms with Crippen LogP contribution in [0.15, 0.2) is 54.6 Å². The summed E-state index contributed by atoms with van der Waals surface area (Å²) < 4.78 is 0. The van der Waals surface area contributed by atoms with E-state index in [1.54, 1.807) is 0 Å². The van der Waals surface area contributed by atoms with Crippen LogP contribution in [0.5, 0.6) is 0 Å². The van der Waals surface area contributed by atoms with Crippen LogP contribution >= 0.6 is 0 Å². The number of fused-ring (bicyclic) bond motifs is 1. The predicted octanol–water partition coefficient (Wildman–Crippen LogP) is 3.63. The molecule has 1 saturated heterocycles. The lowest BCUT2D eigenvalue weighted by Gasteiger charge is -2.40. The molecule has 2 aliphatic rings. The Hall–Kier alpha value is -2.33. The highest BCUT2D eigenvalue weighted by molar-refractivity contribution is 5.97. The number of hydrogen-bond donors (Lipinski definition) is 0. The monoisotopic (exact) mass is 377 g/mol. The van der Waals surface area contributed by atoms with Crippen molar-refractivity contribution >= 4 is 11.6 Å². The van der Waals surface area contributed by atoms with Gasteiger partial charge in [-0.3, -0.25) is 9.69 Å². The molecule has 0 aromatic heterocycles. The van der Waals surface area contributed by atoms with Crippen LogP contribution in [0.1, 0.15) is 36.2 Å². The standard InChI is InChI=1S/C24H31N3O/c1-24(2)19-27(23(28)21-11-6-7-12-22(21)24)14-8-13-25-15-17-26(18-16-25)20-9-4-3-5-10-20/h3-7,9-12H,8,13-19H2,1-2H3. The molecule has 0 atom stereocenters. The summed E-state index contributed by atoms with van der Waals surface area (Å²) in [5.74, 6) is 0.198. The van der Waals surface area contributed by atoms with Crippen LogP contribution in [-0.4, -0.2) is 61.5 Å². The Kier molecular flexibility index (Phi) is 5.40. The van der Waals surface area contributed by atoms with Gasteiger partial charge in [-0.25, -0.2) is 0 Å². The molecule has 148 valence electrons. The van der Waals surface area contributed by atoms with Gasteiger partial charge in [0, 0.05) is 55.9 Å². The maximum absolute atomic E-state index is 12.9. The Bertz CT molecular complexity index is 810. The summed E-state index contributed by atoms with van der Waals surface area (Å²) in [7, 11) is 0. The van der Waals surface area contributed by atoms with Crippen LogP contribution < -0.4 is 4.90 Å². The zero-order chi connectivity index (χ0) is 19.6. The van der Waals surface area contributed by atoms with Gasteiger partial charge in [0.2, 0.25) is 0 Å². The van der Waals surface area contributed by atoms with Gasteiger partial charge >= 0.3 is 0 Å². The molecule has 28 heavy (non-hydrogen) atoms. The number of carbonyl (C=O) groups is 1. The van der Waals surface area contributed by atoms with Crippen LogP contribution in [0.2, 0.25) is 0 Å². The highest BCUT2D eigenvalue weighted by Crippen LogP contribution is 2.33. The van der Waals surface area contributed by atoms with Gasteiger partial charge in [0.05, 0.1) is 0 Å². The molecule has 0 bridgehead atoms. The molecule has 1 fully saturated rings. The van der Waals surface area contributed by atoms with Crippen LogP contribution in [0.25, 0.3) is 0 Å². The zero-order valence-corrected chi connectivity index (χ0v) is 17.1. The first-order valence-electron chi connectivity index (χ1n) is 10.5. The quantitative estimate of drug-likeness (QED) is 0.796. The highest BCUT2D eigenvalue weighted by Gasteiger charge is 2.35. The summed E-state index contributed by atoms with van der Waals surface area (Å²) >= 11 is 0. The molecule has 4 heteroatoms. The topological polar surface area (TPSA) is 26.8 Å². The van der Waals surface area contributed by atoms with E-state index < -0.39 is 0 Å². The van der Waals surface area contributed by atoms with Crippen LogP contribution in [-0.2, 0) is 5.41 Å². The minimum absolute atomic E-state index is 0.0197. The van der Waals surface area contributed by atoms with Gasteiger partial charge in [-0.2, -0.15) is 0 Å². The van der Waals surface area contributed by atoms with Crippen molar-refractivity contribution in [3.05, 3.63) is 65.7 Å². The average molecular weight is 378 g/mol. The predicted molar refractivity (Wildman–Crippen MR) is 115 cm³/mol. The molecule has 4 rings (SSSR count). The van der Waals surface area contributed by atoms with E-state index in [-0.39, 0.29) is 11.3 Å². The third-order valence-electron chi connectivity index (χ3n) is 6.16. The summed E-state index contributed by atoms with van der Waals surface area (Å²) in [6.07, 6.45) is 1.04. The lowest BCUT2D eigenvalue weighted by Crippen LogP contribution is -2.49. The fourth-order valence-corrected chi connectivity index (χ4v) is 4.60. The first-order valence-corrected chi connectivity index (χ1v) is 10.5. The summed E-state index contributed by atoms with van der Waals surface area (Å²) in [4.78, 5) is 19.9.